The molecule has 18 heavy (non-hydrogen) atoms. The summed E-state index contributed by atoms with van der Waals surface area (Å²) in [4.78, 5) is 11.4. The minimum Gasteiger partial charge on any atom is -0.348 e. The Morgan fingerprint density at radius 1 is 1.61 bits per heavy atom. The van der Waals surface area contributed by atoms with Crippen LogP contribution in [0.25, 0.3) is 0 Å². The summed E-state index contributed by atoms with van der Waals surface area (Å²) in [6.45, 7) is 6.42. The van der Waals surface area contributed by atoms with Gasteiger partial charge in [0.1, 0.15) is 5.88 Å². The lowest BCUT2D eigenvalue weighted by Gasteiger charge is -2.28. The summed E-state index contributed by atoms with van der Waals surface area (Å²) in [5, 5.41) is 7.45. The lowest BCUT2D eigenvalue weighted by molar-refractivity contribution is -0.119. The molecule has 0 aromatic carbocycles. The molecule has 1 aliphatic rings. The fourth-order valence-electron chi connectivity index (χ4n) is 2.52. The number of carbonyl (C=O) groups is 1. The molecule has 0 radical (unpaired) electrons. The molecule has 0 aliphatic heterocycles. The summed E-state index contributed by atoms with van der Waals surface area (Å²) in [5.74, 6) is -0.0998. The third kappa shape index (κ3) is 2.53. The summed E-state index contributed by atoms with van der Waals surface area (Å²) in [7, 11) is 0. The van der Waals surface area contributed by atoms with Crippen molar-refractivity contribution in [2.24, 2.45) is 0 Å². The fraction of sp³-hybridized carbons (Fsp3) is 0.692. The maximum atomic E-state index is 11.4. The molecule has 0 saturated carbocycles. The second kappa shape index (κ2) is 4.92. The van der Waals surface area contributed by atoms with Crippen LogP contribution in [-0.2, 0) is 16.8 Å². The van der Waals surface area contributed by atoms with E-state index in [2.05, 4.69) is 35.9 Å². The van der Waals surface area contributed by atoms with E-state index in [1.165, 1.54) is 5.69 Å². The second-order valence-corrected chi connectivity index (χ2v) is 6.04. The SMILES string of the molecule is CC(C)(C)n1ncc2c1CCCC2NC(=O)CCl. The molecule has 1 N–H and O–H groups in total. The number of hydrogen-bond donors (Lipinski definition) is 1. The van der Waals surface area contributed by atoms with Gasteiger partial charge in [-0.3, -0.25) is 9.48 Å². The van der Waals surface area contributed by atoms with Crippen LogP contribution in [0.5, 0.6) is 0 Å². The highest BCUT2D eigenvalue weighted by atomic mass is 35.5. The molecule has 0 saturated heterocycles. The Labute approximate surface area is 113 Å². The van der Waals surface area contributed by atoms with Gasteiger partial charge in [0, 0.05) is 11.3 Å². The van der Waals surface area contributed by atoms with E-state index >= 15 is 0 Å². The van der Waals surface area contributed by atoms with E-state index in [1.54, 1.807) is 0 Å². The highest BCUT2D eigenvalue weighted by Gasteiger charge is 2.28. The van der Waals surface area contributed by atoms with Crippen LogP contribution in [0.3, 0.4) is 0 Å². The summed E-state index contributed by atoms with van der Waals surface area (Å²) >= 11 is 5.54. The highest BCUT2D eigenvalue weighted by Crippen LogP contribution is 2.32. The van der Waals surface area contributed by atoms with Crippen molar-refractivity contribution >= 4 is 17.5 Å². The summed E-state index contributed by atoms with van der Waals surface area (Å²) in [6.07, 6.45) is 4.95. The second-order valence-electron chi connectivity index (χ2n) is 5.78. The van der Waals surface area contributed by atoms with E-state index in [4.69, 9.17) is 11.6 Å². The van der Waals surface area contributed by atoms with Crippen molar-refractivity contribution in [2.75, 3.05) is 5.88 Å². The van der Waals surface area contributed by atoms with Gasteiger partial charge < -0.3 is 5.32 Å². The first-order valence-corrected chi connectivity index (χ1v) is 6.89. The van der Waals surface area contributed by atoms with Crippen LogP contribution in [0, 0.1) is 0 Å². The fourth-order valence-corrected chi connectivity index (χ4v) is 2.59. The van der Waals surface area contributed by atoms with Crippen LogP contribution in [0.2, 0.25) is 0 Å². The number of fused-ring (bicyclic) bond motifs is 1. The molecule has 1 aromatic rings. The largest absolute Gasteiger partial charge is 0.348 e. The maximum absolute atomic E-state index is 11.4. The molecule has 0 spiro atoms. The van der Waals surface area contributed by atoms with Crippen LogP contribution < -0.4 is 5.32 Å². The van der Waals surface area contributed by atoms with E-state index in [-0.39, 0.29) is 23.4 Å². The third-order valence-electron chi connectivity index (χ3n) is 3.27. The number of halogens is 1. The number of hydrogen-bond acceptors (Lipinski definition) is 2. The molecule has 2 rings (SSSR count). The number of rotatable bonds is 2. The minimum atomic E-state index is -0.113. The van der Waals surface area contributed by atoms with Gasteiger partial charge in [-0.25, -0.2) is 0 Å². The number of nitrogens with zero attached hydrogens (tertiary/aromatic N) is 2. The predicted molar refractivity (Wildman–Crippen MR) is 71.8 cm³/mol. The molecule has 0 fully saturated rings. The van der Waals surface area contributed by atoms with Gasteiger partial charge in [-0.2, -0.15) is 5.10 Å². The highest BCUT2D eigenvalue weighted by molar-refractivity contribution is 6.27. The van der Waals surface area contributed by atoms with Crippen molar-refractivity contribution in [3.05, 3.63) is 17.5 Å². The molecule has 1 heterocycles. The Morgan fingerprint density at radius 2 is 2.33 bits per heavy atom. The van der Waals surface area contributed by atoms with Crippen molar-refractivity contribution in [3.63, 3.8) is 0 Å². The van der Waals surface area contributed by atoms with E-state index < -0.39 is 0 Å². The summed E-state index contributed by atoms with van der Waals surface area (Å²) in [5.41, 5.74) is 2.37. The monoisotopic (exact) mass is 269 g/mol. The lowest BCUT2D eigenvalue weighted by atomic mass is 9.92. The number of amides is 1. The van der Waals surface area contributed by atoms with Gasteiger partial charge in [0.15, 0.2) is 0 Å². The number of carbonyl (C=O) groups excluding carboxylic acids is 1. The first-order chi connectivity index (χ1) is 8.43. The van der Waals surface area contributed by atoms with Gasteiger partial charge in [-0.05, 0) is 40.0 Å². The normalized spacial score (nSPS) is 19.4. The zero-order valence-corrected chi connectivity index (χ0v) is 11.9. The number of aromatic nitrogens is 2. The van der Waals surface area contributed by atoms with Gasteiger partial charge >= 0.3 is 0 Å². The molecule has 100 valence electrons. The first-order valence-electron chi connectivity index (χ1n) is 6.36. The average Bonchev–Trinajstić information content (AvgIpc) is 2.73. The van der Waals surface area contributed by atoms with E-state index in [0.29, 0.717) is 0 Å². The van der Waals surface area contributed by atoms with Crippen molar-refractivity contribution in [2.45, 2.75) is 51.6 Å². The molecule has 0 bridgehead atoms. The lowest BCUT2D eigenvalue weighted by Crippen LogP contribution is -2.33. The first kappa shape index (κ1) is 13.4. The molecule has 1 atom stereocenters. The molecular formula is C13H20ClN3O. The summed E-state index contributed by atoms with van der Waals surface area (Å²) < 4.78 is 2.07. The van der Waals surface area contributed by atoms with E-state index in [0.717, 1.165) is 24.8 Å². The number of alkyl halides is 1. The molecule has 4 nitrogen and oxygen atoms in total. The van der Waals surface area contributed by atoms with Crippen molar-refractivity contribution < 1.29 is 4.79 Å². The van der Waals surface area contributed by atoms with Crippen molar-refractivity contribution in [1.82, 2.24) is 15.1 Å². The molecule has 1 aliphatic carbocycles. The average molecular weight is 270 g/mol. The number of nitrogens with one attached hydrogen (secondary N) is 1. The van der Waals surface area contributed by atoms with Crippen LogP contribution >= 0.6 is 11.6 Å². The topological polar surface area (TPSA) is 46.9 Å². The molecular weight excluding hydrogens is 250 g/mol. The van der Waals surface area contributed by atoms with Gasteiger partial charge in [-0.1, -0.05) is 0 Å². The minimum absolute atomic E-state index is 0.0131. The van der Waals surface area contributed by atoms with Crippen LogP contribution in [0.4, 0.5) is 0 Å². The Hall–Kier alpha value is -1.03. The van der Waals surface area contributed by atoms with E-state index in [1.807, 2.05) is 6.20 Å². The van der Waals surface area contributed by atoms with Crippen molar-refractivity contribution in [1.29, 1.82) is 0 Å². The Morgan fingerprint density at radius 3 is 2.94 bits per heavy atom. The van der Waals surface area contributed by atoms with Crippen LogP contribution in [0.1, 0.15) is 50.9 Å². The Balaban J connectivity index is 2.29. The van der Waals surface area contributed by atoms with Gasteiger partial charge in [0.2, 0.25) is 5.91 Å². The van der Waals surface area contributed by atoms with Gasteiger partial charge in [-0.15, -0.1) is 11.6 Å². The molecule has 1 amide bonds. The van der Waals surface area contributed by atoms with Crippen LogP contribution in [-0.4, -0.2) is 21.6 Å². The third-order valence-corrected chi connectivity index (χ3v) is 3.52. The van der Waals surface area contributed by atoms with Crippen molar-refractivity contribution in [3.8, 4) is 0 Å². The molecule has 1 unspecified atom stereocenters. The zero-order chi connectivity index (χ0) is 13.3. The zero-order valence-electron chi connectivity index (χ0n) is 11.2. The summed E-state index contributed by atoms with van der Waals surface area (Å²) in [6, 6.07) is 0.0658. The van der Waals surface area contributed by atoms with Gasteiger partial charge in [0.25, 0.3) is 0 Å². The standard InChI is InChI=1S/C13H20ClN3O/c1-13(2,3)17-11-6-4-5-10(9(11)8-15-17)16-12(18)7-14/h8,10H,4-7H2,1-3H3,(H,16,18). The molecule has 5 heteroatoms. The Bertz CT molecular complexity index is 448. The van der Waals surface area contributed by atoms with Crippen LogP contribution in [0.15, 0.2) is 6.20 Å². The quantitative estimate of drug-likeness (QED) is 0.838. The predicted octanol–water partition coefficient (Wildman–Crippen LogP) is 2.37. The molecule has 1 aromatic heterocycles. The van der Waals surface area contributed by atoms with Gasteiger partial charge in [0.05, 0.1) is 17.8 Å². The maximum Gasteiger partial charge on any atom is 0.235 e. The smallest absolute Gasteiger partial charge is 0.235 e. The van der Waals surface area contributed by atoms with E-state index in [9.17, 15) is 4.79 Å². The Kier molecular flexibility index (Phi) is 3.66.